The van der Waals surface area contributed by atoms with Crippen molar-refractivity contribution < 1.29 is 19.0 Å². The lowest BCUT2D eigenvalue weighted by Crippen LogP contribution is -2.45. The van der Waals surface area contributed by atoms with Gasteiger partial charge in [-0.25, -0.2) is 4.79 Å². The lowest BCUT2D eigenvalue weighted by molar-refractivity contribution is -0.0431. The van der Waals surface area contributed by atoms with Crippen molar-refractivity contribution in [3.63, 3.8) is 0 Å². The van der Waals surface area contributed by atoms with E-state index in [1.165, 1.54) is 0 Å². The van der Waals surface area contributed by atoms with Gasteiger partial charge < -0.3 is 25.3 Å². The van der Waals surface area contributed by atoms with Crippen molar-refractivity contribution in [2.75, 3.05) is 0 Å². The van der Waals surface area contributed by atoms with Gasteiger partial charge in [-0.2, -0.15) is 0 Å². The van der Waals surface area contributed by atoms with Gasteiger partial charge in [0.05, 0.1) is 24.4 Å². The lowest BCUT2D eigenvalue weighted by atomic mass is 10.0. The van der Waals surface area contributed by atoms with E-state index in [1.54, 1.807) is 0 Å². The average molecular weight is 359 g/mol. The maximum Gasteiger partial charge on any atom is 0.407 e. The van der Waals surface area contributed by atoms with Gasteiger partial charge in [-0.1, -0.05) is 0 Å². The normalized spacial score (nSPS) is 36.0. The number of ether oxygens (including phenoxy) is 3. The summed E-state index contributed by atoms with van der Waals surface area (Å²) in [6.07, 6.45) is 4.53. The smallest absolute Gasteiger partial charge is 0.407 e. The Hall–Kier alpha value is -0.850. The van der Waals surface area contributed by atoms with E-state index in [2.05, 4.69) is 19.2 Å². The van der Waals surface area contributed by atoms with Crippen molar-refractivity contribution >= 4 is 6.09 Å². The van der Waals surface area contributed by atoms with Gasteiger partial charge in [0.1, 0.15) is 5.60 Å². The Morgan fingerprint density at radius 2 is 1.32 bits per heavy atom. The SMILES string of the molecule is C[C@@H]1CC(N)C[C@H](C)O1.C[C@@H]1CC(NC(=O)OC(C)(C)C)C[C@H](C)O1. The molecule has 0 aromatic heterocycles. The summed E-state index contributed by atoms with van der Waals surface area (Å²) >= 11 is 0. The van der Waals surface area contributed by atoms with Gasteiger partial charge >= 0.3 is 6.09 Å². The second-order valence-electron chi connectivity index (χ2n) is 8.56. The highest BCUT2D eigenvalue weighted by Gasteiger charge is 2.27. The molecule has 2 saturated heterocycles. The Morgan fingerprint density at radius 1 is 0.920 bits per heavy atom. The molecule has 6 nitrogen and oxygen atoms in total. The van der Waals surface area contributed by atoms with Crippen molar-refractivity contribution in [2.24, 2.45) is 5.73 Å². The van der Waals surface area contributed by atoms with Gasteiger partial charge in [0.25, 0.3) is 0 Å². The molecule has 0 radical (unpaired) electrons. The predicted octanol–water partition coefficient (Wildman–Crippen LogP) is 3.37. The minimum atomic E-state index is -0.438. The maximum absolute atomic E-state index is 11.6. The van der Waals surface area contributed by atoms with E-state index in [-0.39, 0.29) is 24.3 Å². The third-order valence-electron chi connectivity index (χ3n) is 4.15. The Balaban J connectivity index is 0.000000293. The van der Waals surface area contributed by atoms with Crippen molar-refractivity contribution in [2.45, 2.75) is 116 Å². The van der Waals surface area contributed by atoms with E-state index in [0.29, 0.717) is 18.2 Å². The first-order chi connectivity index (χ1) is 11.4. The third kappa shape index (κ3) is 10.0. The van der Waals surface area contributed by atoms with Crippen LogP contribution >= 0.6 is 0 Å². The Bertz CT molecular complexity index is 376. The van der Waals surface area contributed by atoms with Crippen LogP contribution in [-0.4, -0.2) is 48.2 Å². The second kappa shape index (κ2) is 9.74. The minimum absolute atomic E-state index is 0.161. The summed E-state index contributed by atoms with van der Waals surface area (Å²) in [5, 5.41) is 2.90. The molecule has 25 heavy (non-hydrogen) atoms. The van der Waals surface area contributed by atoms with Crippen molar-refractivity contribution in [1.29, 1.82) is 0 Å². The number of carbonyl (C=O) groups is 1. The van der Waals surface area contributed by atoms with Crippen LogP contribution in [0, 0.1) is 0 Å². The molecule has 0 aliphatic carbocycles. The van der Waals surface area contributed by atoms with Crippen LogP contribution in [0.2, 0.25) is 0 Å². The fourth-order valence-corrected chi connectivity index (χ4v) is 3.45. The molecule has 6 atom stereocenters. The van der Waals surface area contributed by atoms with E-state index < -0.39 is 5.60 Å². The largest absolute Gasteiger partial charge is 0.444 e. The first-order valence-electron chi connectivity index (χ1n) is 9.50. The van der Waals surface area contributed by atoms with Crippen LogP contribution in [0.3, 0.4) is 0 Å². The van der Waals surface area contributed by atoms with Crippen molar-refractivity contribution in [1.82, 2.24) is 5.32 Å². The Labute approximate surface area is 153 Å². The molecule has 0 bridgehead atoms. The van der Waals surface area contributed by atoms with Crippen LogP contribution in [0.25, 0.3) is 0 Å². The zero-order valence-corrected chi connectivity index (χ0v) is 17.0. The highest BCUT2D eigenvalue weighted by molar-refractivity contribution is 5.68. The van der Waals surface area contributed by atoms with E-state index in [4.69, 9.17) is 19.9 Å². The van der Waals surface area contributed by atoms with E-state index in [0.717, 1.165) is 25.7 Å². The van der Waals surface area contributed by atoms with E-state index in [1.807, 2.05) is 34.6 Å². The van der Waals surface area contributed by atoms with Gasteiger partial charge in [-0.05, 0) is 74.1 Å². The molecular weight excluding hydrogens is 320 g/mol. The lowest BCUT2D eigenvalue weighted by Gasteiger charge is -2.33. The monoisotopic (exact) mass is 358 g/mol. The van der Waals surface area contributed by atoms with E-state index >= 15 is 0 Å². The number of hydrogen-bond donors (Lipinski definition) is 2. The molecule has 0 spiro atoms. The van der Waals surface area contributed by atoms with Crippen molar-refractivity contribution in [3.05, 3.63) is 0 Å². The minimum Gasteiger partial charge on any atom is -0.444 e. The summed E-state index contributed by atoms with van der Waals surface area (Å²) in [6.45, 7) is 13.8. The number of amides is 1. The van der Waals surface area contributed by atoms with Crippen LogP contribution in [0.4, 0.5) is 4.79 Å². The molecule has 1 amide bonds. The summed E-state index contributed by atoms with van der Waals surface area (Å²) in [6, 6.07) is 0.525. The highest BCUT2D eigenvalue weighted by Crippen LogP contribution is 2.19. The number of nitrogens with two attached hydrogens (primary N) is 1. The number of nitrogens with one attached hydrogen (secondary N) is 1. The summed E-state index contributed by atoms with van der Waals surface area (Å²) < 4.78 is 16.3. The quantitative estimate of drug-likeness (QED) is 0.751. The van der Waals surface area contributed by atoms with Crippen molar-refractivity contribution in [3.8, 4) is 0 Å². The molecule has 2 heterocycles. The van der Waals surface area contributed by atoms with Crippen LogP contribution in [-0.2, 0) is 14.2 Å². The number of carbonyl (C=O) groups excluding carboxylic acids is 1. The summed E-state index contributed by atoms with van der Waals surface area (Å²) in [7, 11) is 0. The number of rotatable bonds is 1. The Kier molecular flexibility index (Phi) is 8.64. The molecule has 2 unspecified atom stereocenters. The zero-order valence-electron chi connectivity index (χ0n) is 17.0. The third-order valence-corrected chi connectivity index (χ3v) is 4.15. The topological polar surface area (TPSA) is 82.8 Å². The average Bonchev–Trinajstić information content (AvgIpc) is 2.33. The molecule has 0 aromatic carbocycles. The fraction of sp³-hybridized carbons (Fsp3) is 0.947. The molecular formula is C19H38N2O4. The van der Waals surface area contributed by atoms with Crippen LogP contribution < -0.4 is 11.1 Å². The molecule has 2 aliphatic rings. The van der Waals surface area contributed by atoms with Crippen LogP contribution in [0.15, 0.2) is 0 Å². The fourth-order valence-electron chi connectivity index (χ4n) is 3.45. The van der Waals surface area contributed by atoms with Gasteiger partial charge in [0.15, 0.2) is 0 Å². The molecule has 2 fully saturated rings. The highest BCUT2D eigenvalue weighted by atomic mass is 16.6. The van der Waals surface area contributed by atoms with Gasteiger partial charge in [-0.3, -0.25) is 0 Å². The van der Waals surface area contributed by atoms with Gasteiger partial charge in [-0.15, -0.1) is 0 Å². The summed E-state index contributed by atoms with van der Waals surface area (Å²) in [5.74, 6) is 0. The van der Waals surface area contributed by atoms with Gasteiger partial charge in [0, 0.05) is 12.1 Å². The first kappa shape index (κ1) is 22.2. The van der Waals surface area contributed by atoms with Gasteiger partial charge in [0.2, 0.25) is 0 Å². The molecule has 3 N–H and O–H groups in total. The van der Waals surface area contributed by atoms with Crippen LogP contribution in [0.5, 0.6) is 0 Å². The zero-order chi connectivity index (χ0) is 19.2. The summed E-state index contributed by atoms with van der Waals surface area (Å²) in [4.78, 5) is 11.6. The second-order valence-corrected chi connectivity index (χ2v) is 8.56. The molecule has 2 aliphatic heterocycles. The molecule has 148 valence electrons. The standard InChI is InChI=1S/C12H23NO3.C7H15NO/c1-8-6-10(7-9(2)15-8)13-11(14)16-12(3,4)5;1-5-3-7(8)4-6(2)9-5/h8-10H,6-7H2,1-5H3,(H,13,14);5-7H,3-4,8H2,1-2H3/t8-,9+,10?;5-,6+,7?. The van der Waals surface area contributed by atoms with E-state index in [9.17, 15) is 4.79 Å². The summed E-state index contributed by atoms with van der Waals surface area (Å²) in [5.41, 5.74) is 5.30. The maximum atomic E-state index is 11.6. The van der Waals surface area contributed by atoms with Crippen LogP contribution in [0.1, 0.15) is 74.1 Å². The molecule has 2 rings (SSSR count). The predicted molar refractivity (Wildman–Crippen MR) is 99.6 cm³/mol. The number of alkyl carbamates (subject to hydrolysis) is 1. The first-order valence-corrected chi connectivity index (χ1v) is 9.50. The number of hydrogen-bond acceptors (Lipinski definition) is 5. The Morgan fingerprint density at radius 3 is 1.68 bits per heavy atom. The molecule has 6 heteroatoms. The molecule has 0 saturated carbocycles. The molecule has 0 aromatic rings.